The van der Waals surface area contributed by atoms with Crippen molar-refractivity contribution in [3.8, 4) is 0 Å². The van der Waals surface area contributed by atoms with Crippen molar-refractivity contribution in [1.29, 1.82) is 0 Å². The molecule has 2 rings (SSSR count). The Hall–Kier alpha value is -1.82. The zero-order valence-corrected chi connectivity index (χ0v) is 13.0. The number of rotatable bonds is 4. The fraction of sp³-hybridized carbons (Fsp3) is 0.286. The zero-order chi connectivity index (χ0) is 14.7. The van der Waals surface area contributed by atoms with Gasteiger partial charge in [0.25, 0.3) is 5.91 Å². The maximum absolute atomic E-state index is 11.9. The Morgan fingerprint density at radius 2 is 2.20 bits per heavy atom. The second-order valence-electron chi connectivity index (χ2n) is 4.57. The van der Waals surface area contributed by atoms with Gasteiger partial charge in [0, 0.05) is 24.3 Å². The number of nitrogens with one attached hydrogen (secondary N) is 2. The second-order valence-corrected chi connectivity index (χ2v) is 5.42. The van der Waals surface area contributed by atoms with E-state index in [2.05, 4.69) is 26.2 Å². The normalized spacial score (nSPS) is 10.6. The summed E-state index contributed by atoms with van der Waals surface area (Å²) in [5.41, 5.74) is 2.40. The molecule has 1 heterocycles. The lowest BCUT2D eigenvalue weighted by atomic mass is 10.1. The molecule has 0 aliphatic rings. The summed E-state index contributed by atoms with van der Waals surface area (Å²) in [6.07, 6.45) is 2.16. The number of H-pyrrole nitrogens is 1. The first kappa shape index (κ1) is 14.6. The molecular formula is C14H16BrN3O2. The molecule has 0 atom stereocenters. The van der Waals surface area contributed by atoms with Gasteiger partial charge in [-0.3, -0.25) is 9.36 Å². The smallest absolute Gasteiger partial charge is 0.325 e. The summed E-state index contributed by atoms with van der Waals surface area (Å²) in [6.45, 7) is 2.56. The number of halogens is 1. The van der Waals surface area contributed by atoms with Crippen LogP contribution in [0.1, 0.15) is 21.6 Å². The van der Waals surface area contributed by atoms with Crippen LogP contribution in [0.5, 0.6) is 0 Å². The molecule has 0 radical (unpaired) electrons. The van der Waals surface area contributed by atoms with Crippen LogP contribution in [0.4, 0.5) is 0 Å². The molecule has 6 heteroatoms. The first-order valence-corrected chi connectivity index (χ1v) is 7.06. The predicted octanol–water partition coefficient (Wildman–Crippen LogP) is 1.76. The molecule has 2 aromatic rings. The number of carbonyl (C=O) groups excluding carboxylic acids is 1. The highest BCUT2D eigenvalue weighted by molar-refractivity contribution is 9.10. The van der Waals surface area contributed by atoms with Crippen molar-refractivity contribution >= 4 is 21.8 Å². The Labute approximate surface area is 125 Å². The van der Waals surface area contributed by atoms with Crippen molar-refractivity contribution in [1.82, 2.24) is 14.9 Å². The number of aromatic nitrogens is 2. The van der Waals surface area contributed by atoms with Gasteiger partial charge in [0.1, 0.15) is 5.69 Å². The molecule has 0 aliphatic heterocycles. The van der Waals surface area contributed by atoms with E-state index in [0.717, 1.165) is 10.9 Å². The number of hydrogen-bond donors (Lipinski definition) is 2. The van der Waals surface area contributed by atoms with Crippen molar-refractivity contribution in [3.05, 3.63) is 56.2 Å². The third kappa shape index (κ3) is 3.01. The molecule has 0 aliphatic carbocycles. The van der Waals surface area contributed by atoms with Crippen molar-refractivity contribution in [2.24, 2.45) is 7.05 Å². The molecule has 20 heavy (non-hydrogen) atoms. The molecular weight excluding hydrogens is 322 g/mol. The molecule has 1 aromatic heterocycles. The van der Waals surface area contributed by atoms with Crippen LogP contribution in [0.25, 0.3) is 0 Å². The van der Waals surface area contributed by atoms with Gasteiger partial charge < -0.3 is 10.3 Å². The standard InChI is InChI=1S/C14H16BrN3O2/c1-9-10(4-3-5-11(9)15)6-7-16-13(19)12-8-17-14(20)18(12)2/h3-5,8H,6-7H2,1-2H3,(H,16,19)(H,17,20). The molecule has 5 nitrogen and oxygen atoms in total. The number of aromatic amines is 1. The van der Waals surface area contributed by atoms with E-state index in [0.29, 0.717) is 12.2 Å². The third-order valence-corrected chi connectivity index (χ3v) is 4.15. The SMILES string of the molecule is Cc1c(Br)cccc1CCNC(=O)c1c[nH]c(=O)n1C. The van der Waals surface area contributed by atoms with Crippen LogP contribution in [0.2, 0.25) is 0 Å². The van der Waals surface area contributed by atoms with Crippen molar-refractivity contribution in [2.75, 3.05) is 6.54 Å². The van der Waals surface area contributed by atoms with Crippen LogP contribution in [0, 0.1) is 6.92 Å². The molecule has 0 saturated heterocycles. The van der Waals surface area contributed by atoms with Crippen molar-refractivity contribution < 1.29 is 4.79 Å². The average Bonchev–Trinajstić information content (AvgIpc) is 2.75. The summed E-state index contributed by atoms with van der Waals surface area (Å²) in [4.78, 5) is 25.6. The Kier molecular flexibility index (Phi) is 4.44. The van der Waals surface area contributed by atoms with Crippen molar-refractivity contribution in [2.45, 2.75) is 13.3 Å². The van der Waals surface area contributed by atoms with E-state index in [1.54, 1.807) is 7.05 Å². The molecule has 0 spiro atoms. The van der Waals surface area contributed by atoms with Crippen LogP contribution in [0.3, 0.4) is 0 Å². The molecule has 2 N–H and O–H groups in total. The van der Waals surface area contributed by atoms with Crippen LogP contribution in [-0.4, -0.2) is 22.0 Å². The van der Waals surface area contributed by atoms with Crippen LogP contribution in [-0.2, 0) is 13.5 Å². The fourth-order valence-electron chi connectivity index (χ4n) is 1.98. The first-order valence-electron chi connectivity index (χ1n) is 6.27. The molecule has 0 bridgehead atoms. The summed E-state index contributed by atoms with van der Waals surface area (Å²) in [5.74, 6) is -0.251. The number of nitrogens with zero attached hydrogens (tertiary/aromatic N) is 1. The van der Waals surface area contributed by atoms with Gasteiger partial charge in [-0.15, -0.1) is 0 Å². The molecule has 0 saturated carbocycles. The van der Waals surface area contributed by atoms with Gasteiger partial charge >= 0.3 is 5.69 Å². The van der Waals surface area contributed by atoms with Crippen LogP contribution < -0.4 is 11.0 Å². The van der Waals surface area contributed by atoms with E-state index in [-0.39, 0.29) is 11.6 Å². The highest BCUT2D eigenvalue weighted by Gasteiger charge is 2.11. The van der Waals surface area contributed by atoms with Gasteiger partial charge in [0.15, 0.2) is 0 Å². The first-order chi connectivity index (χ1) is 9.50. The van der Waals surface area contributed by atoms with E-state index in [4.69, 9.17) is 0 Å². The molecule has 106 valence electrons. The second kappa shape index (κ2) is 6.09. The Balaban J connectivity index is 1.96. The number of hydrogen-bond acceptors (Lipinski definition) is 2. The van der Waals surface area contributed by atoms with Gasteiger partial charge in [-0.05, 0) is 30.5 Å². The summed E-state index contributed by atoms with van der Waals surface area (Å²) in [5, 5.41) is 2.81. The van der Waals surface area contributed by atoms with Gasteiger partial charge in [-0.25, -0.2) is 4.79 Å². The lowest BCUT2D eigenvalue weighted by Gasteiger charge is -2.09. The van der Waals surface area contributed by atoms with Crippen LogP contribution >= 0.6 is 15.9 Å². The quantitative estimate of drug-likeness (QED) is 0.892. The lowest BCUT2D eigenvalue weighted by molar-refractivity contribution is 0.0945. The molecule has 0 fully saturated rings. The highest BCUT2D eigenvalue weighted by Crippen LogP contribution is 2.19. The van der Waals surface area contributed by atoms with E-state index < -0.39 is 0 Å². The minimum atomic E-state index is -0.294. The molecule has 1 aromatic carbocycles. The van der Waals surface area contributed by atoms with Gasteiger partial charge in [0.2, 0.25) is 0 Å². The number of amides is 1. The minimum absolute atomic E-state index is 0.251. The maximum atomic E-state index is 11.9. The summed E-state index contributed by atoms with van der Waals surface area (Å²) in [6, 6.07) is 6.01. The predicted molar refractivity (Wildman–Crippen MR) is 80.9 cm³/mol. The number of carbonyl (C=O) groups is 1. The van der Waals surface area contributed by atoms with Gasteiger partial charge in [-0.2, -0.15) is 0 Å². The fourth-order valence-corrected chi connectivity index (χ4v) is 2.38. The monoisotopic (exact) mass is 337 g/mol. The molecule has 0 unspecified atom stereocenters. The van der Waals surface area contributed by atoms with E-state index in [9.17, 15) is 9.59 Å². The third-order valence-electron chi connectivity index (χ3n) is 3.29. The zero-order valence-electron chi connectivity index (χ0n) is 11.4. The van der Waals surface area contributed by atoms with Gasteiger partial charge in [0.05, 0.1) is 0 Å². The van der Waals surface area contributed by atoms with Crippen molar-refractivity contribution in [3.63, 3.8) is 0 Å². The highest BCUT2D eigenvalue weighted by atomic mass is 79.9. The Bertz CT molecular complexity index is 688. The summed E-state index contributed by atoms with van der Waals surface area (Å²) in [7, 11) is 1.56. The number of benzene rings is 1. The Morgan fingerprint density at radius 3 is 2.85 bits per heavy atom. The van der Waals surface area contributed by atoms with Crippen LogP contribution in [0.15, 0.2) is 33.7 Å². The summed E-state index contributed by atoms with van der Waals surface area (Å²) < 4.78 is 2.36. The lowest BCUT2D eigenvalue weighted by Crippen LogP contribution is -2.29. The maximum Gasteiger partial charge on any atom is 0.325 e. The van der Waals surface area contributed by atoms with Gasteiger partial charge in [-0.1, -0.05) is 28.1 Å². The summed E-state index contributed by atoms with van der Waals surface area (Å²) >= 11 is 3.49. The van der Waals surface area contributed by atoms with E-state index >= 15 is 0 Å². The topological polar surface area (TPSA) is 66.9 Å². The number of imidazole rings is 1. The average molecular weight is 338 g/mol. The molecule has 1 amide bonds. The minimum Gasteiger partial charge on any atom is -0.350 e. The van der Waals surface area contributed by atoms with E-state index in [1.807, 2.05) is 25.1 Å². The van der Waals surface area contributed by atoms with E-state index in [1.165, 1.54) is 21.9 Å². The largest absolute Gasteiger partial charge is 0.350 e. The Morgan fingerprint density at radius 1 is 1.45 bits per heavy atom.